The molecule has 0 spiro atoms. The SMILES string of the molecule is CC1Cc2nc(NCC(F)F)c(N3CCC(Oc4ccc(F)cc4F)CC3)nc2CN1C(=O)N(C)C.O=C(O)C(F)(F)F. The van der Waals surface area contributed by atoms with Gasteiger partial charge in [0.25, 0.3) is 6.43 Å². The van der Waals surface area contributed by atoms with Crippen LogP contribution in [0.1, 0.15) is 31.2 Å². The van der Waals surface area contributed by atoms with Gasteiger partial charge in [-0.2, -0.15) is 13.2 Å². The maximum atomic E-state index is 14.0. The predicted octanol–water partition coefficient (Wildman–Crippen LogP) is 4.54. The number of carboxylic acid groups (broad SMARTS) is 1. The van der Waals surface area contributed by atoms with Crippen LogP contribution in [0.4, 0.5) is 47.2 Å². The lowest BCUT2D eigenvalue weighted by molar-refractivity contribution is -0.192. The number of amides is 2. The largest absolute Gasteiger partial charge is 0.490 e. The third-order valence-corrected chi connectivity index (χ3v) is 6.60. The number of hydrogen-bond donors (Lipinski definition) is 2. The van der Waals surface area contributed by atoms with Crippen LogP contribution >= 0.6 is 0 Å². The Bertz CT molecular complexity index is 1290. The summed E-state index contributed by atoms with van der Waals surface area (Å²) in [5.41, 5.74) is 1.31. The first-order valence-corrected chi connectivity index (χ1v) is 13.1. The van der Waals surface area contributed by atoms with Gasteiger partial charge in [-0.05, 0) is 19.1 Å². The number of aromatic nitrogens is 2. The zero-order valence-electron chi connectivity index (χ0n) is 23.5. The molecule has 1 aromatic carbocycles. The molecule has 17 heteroatoms. The van der Waals surface area contributed by atoms with Gasteiger partial charge in [0.1, 0.15) is 11.9 Å². The third-order valence-electron chi connectivity index (χ3n) is 6.60. The molecule has 0 saturated carbocycles. The third kappa shape index (κ3) is 8.97. The highest BCUT2D eigenvalue weighted by Crippen LogP contribution is 2.31. The highest BCUT2D eigenvalue weighted by Gasteiger charge is 2.38. The molecule has 0 aliphatic carbocycles. The number of carbonyl (C=O) groups excluding carboxylic acids is 1. The van der Waals surface area contributed by atoms with E-state index < -0.39 is 36.8 Å². The maximum Gasteiger partial charge on any atom is 0.490 e. The van der Waals surface area contributed by atoms with E-state index in [0.717, 1.165) is 12.1 Å². The zero-order chi connectivity index (χ0) is 32.1. The first-order chi connectivity index (χ1) is 20.1. The van der Waals surface area contributed by atoms with E-state index in [1.807, 2.05) is 11.8 Å². The van der Waals surface area contributed by atoms with Gasteiger partial charge in [-0.25, -0.2) is 37.1 Å². The summed E-state index contributed by atoms with van der Waals surface area (Å²) < 4.78 is 90.6. The number of aliphatic carboxylic acids is 1. The number of fused-ring (bicyclic) bond motifs is 1. The smallest absolute Gasteiger partial charge is 0.487 e. The van der Waals surface area contributed by atoms with Crippen LogP contribution in [0.15, 0.2) is 18.2 Å². The van der Waals surface area contributed by atoms with Crippen LogP contribution < -0.4 is 15.0 Å². The lowest BCUT2D eigenvalue weighted by Gasteiger charge is -2.37. The molecule has 2 amide bonds. The van der Waals surface area contributed by atoms with Gasteiger partial charge in [-0.15, -0.1) is 0 Å². The molecule has 2 N–H and O–H groups in total. The van der Waals surface area contributed by atoms with Gasteiger partial charge in [-0.3, -0.25) is 0 Å². The van der Waals surface area contributed by atoms with Gasteiger partial charge in [-0.1, -0.05) is 0 Å². The second-order valence-electron chi connectivity index (χ2n) is 10.1. The summed E-state index contributed by atoms with van der Waals surface area (Å²) >= 11 is 0. The minimum Gasteiger partial charge on any atom is -0.487 e. The van der Waals surface area contributed by atoms with Crippen molar-refractivity contribution in [2.75, 3.05) is 43.9 Å². The Kier molecular flexibility index (Phi) is 10.9. The number of ether oxygens (including phenoxy) is 1. The van der Waals surface area contributed by atoms with Gasteiger partial charge >= 0.3 is 18.2 Å². The van der Waals surface area contributed by atoms with Crippen LogP contribution in [0.2, 0.25) is 0 Å². The van der Waals surface area contributed by atoms with E-state index in [9.17, 15) is 35.5 Å². The van der Waals surface area contributed by atoms with Crippen molar-refractivity contribution in [3.8, 4) is 5.75 Å². The number of anilines is 2. The number of rotatable bonds is 6. The highest BCUT2D eigenvalue weighted by atomic mass is 19.4. The van der Waals surface area contributed by atoms with Crippen molar-refractivity contribution in [2.24, 2.45) is 0 Å². The summed E-state index contributed by atoms with van der Waals surface area (Å²) in [4.78, 5) is 36.1. The standard InChI is InChI=1S/C24H30F4N6O2.C2HF3O2/c1-14-10-18-19(13-34(14)24(35)32(2)3)31-23(22(30-18)29-12-21(27)28)33-8-6-16(7-9-33)36-20-5-4-15(25)11-17(20)26;3-2(4,5)1(6)7/h4-5,11,14,16,21H,6-10,12-13H2,1-3H3,(H,29,30);(H,6,7). The first kappa shape index (κ1) is 33.5. The molecule has 3 heterocycles. The number of carboxylic acids is 1. The maximum absolute atomic E-state index is 14.0. The van der Waals surface area contributed by atoms with Crippen molar-refractivity contribution >= 4 is 23.6 Å². The van der Waals surface area contributed by atoms with Gasteiger partial charge in [0.15, 0.2) is 23.2 Å². The van der Waals surface area contributed by atoms with Crippen molar-refractivity contribution in [3.63, 3.8) is 0 Å². The van der Waals surface area contributed by atoms with Gasteiger partial charge < -0.3 is 29.9 Å². The van der Waals surface area contributed by atoms with E-state index in [0.29, 0.717) is 49.6 Å². The van der Waals surface area contributed by atoms with Crippen LogP contribution in [0, 0.1) is 11.6 Å². The van der Waals surface area contributed by atoms with E-state index in [-0.39, 0.29) is 36.3 Å². The molecule has 2 aliphatic rings. The molecule has 0 bridgehead atoms. The molecule has 10 nitrogen and oxygen atoms in total. The zero-order valence-corrected chi connectivity index (χ0v) is 23.5. The monoisotopic (exact) mass is 624 g/mol. The van der Waals surface area contributed by atoms with Crippen molar-refractivity contribution in [1.29, 1.82) is 0 Å². The molecule has 1 fully saturated rings. The molecule has 0 radical (unpaired) electrons. The number of urea groups is 1. The summed E-state index contributed by atoms with van der Waals surface area (Å²) in [5, 5.41) is 9.85. The average Bonchev–Trinajstić information content (AvgIpc) is 2.92. The Labute approximate surface area is 242 Å². The summed E-state index contributed by atoms with van der Waals surface area (Å²) in [6, 6.07) is 2.93. The minimum absolute atomic E-state index is 0.0116. The fourth-order valence-electron chi connectivity index (χ4n) is 4.45. The molecule has 2 aliphatic heterocycles. The van der Waals surface area contributed by atoms with E-state index in [4.69, 9.17) is 19.6 Å². The summed E-state index contributed by atoms with van der Waals surface area (Å²) in [6.45, 7) is 2.57. The van der Waals surface area contributed by atoms with Gasteiger partial charge in [0.05, 0.1) is 24.5 Å². The second-order valence-corrected chi connectivity index (χ2v) is 10.1. The van der Waals surface area contributed by atoms with Gasteiger partial charge in [0, 0.05) is 58.6 Å². The van der Waals surface area contributed by atoms with E-state index >= 15 is 0 Å². The number of piperidine rings is 1. The van der Waals surface area contributed by atoms with E-state index in [1.54, 1.807) is 19.0 Å². The molecule has 1 saturated heterocycles. The Morgan fingerprint density at radius 3 is 2.30 bits per heavy atom. The summed E-state index contributed by atoms with van der Waals surface area (Å²) in [6.07, 6.45) is -6.44. The van der Waals surface area contributed by atoms with Crippen molar-refractivity contribution < 1.29 is 50.2 Å². The number of carbonyl (C=O) groups is 2. The summed E-state index contributed by atoms with van der Waals surface area (Å²) in [5.74, 6) is -3.49. The Morgan fingerprint density at radius 2 is 1.77 bits per heavy atom. The number of halogens is 7. The second kappa shape index (κ2) is 13.9. The summed E-state index contributed by atoms with van der Waals surface area (Å²) in [7, 11) is 3.37. The molecule has 4 rings (SSSR count). The molecule has 1 atom stereocenters. The van der Waals surface area contributed by atoms with E-state index in [2.05, 4.69) is 10.3 Å². The Morgan fingerprint density at radius 1 is 1.14 bits per heavy atom. The number of hydrogen-bond acceptors (Lipinski definition) is 7. The predicted molar refractivity (Wildman–Crippen MR) is 140 cm³/mol. The van der Waals surface area contributed by atoms with Crippen molar-refractivity contribution in [1.82, 2.24) is 19.8 Å². The quantitative estimate of drug-likeness (QED) is 0.451. The van der Waals surface area contributed by atoms with Gasteiger partial charge in [0.2, 0.25) is 0 Å². The van der Waals surface area contributed by atoms with Crippen LogP contribution in [-0.4, -0.2) is 95.4 Å². The number of nitrogens with one attached hydrogen (secondary N) is 1. The molecular weight excluding hydrogens is 593 g/mol. The molecule has 1 unspecified atom stereocenters. The normalized spacial score (nSPS) is 17.1. The van der Waals surface area contributed by atoms with E-state index in [1.165, 1.54) is 11.0 Å². The molecule has 2 aromatic rings. The molecular formula is C26H31F7N6O4. The average molecular weight is 625 g/mol. The van der Waals surface area contributed by atoms with Crippen molar-refractivity contribution in [3.05, 3.63) is 41.2 Å². The fourth-order valence-corrected chi connectivity index (χ4v) is 4.45. The number of alkyl halides is 5. The number of nitrogens with zero attached hydrogens (tertiary/aromatic N) is 5. The van der Waals surface area contributed by atoms with Crippen LogP contribution in [-0.2, 0) is 17.8 Å². The van der Waals surface area contributed by atoms with Crippen LogP contribution in [0.5, 0.6) is 5.75 Å². The molecule has 238 valence electrons. The Hall–Kier alpha value is -4.05. The Balaban J connectivity index is 0.000000646. The van der Waals surface area contributed by atoms with Crippen LogP contribution in [0.25, 0.3) is 0 Å². The lowest BCUT2D eigenvalue weighted by atomic mass is 10.0. The minimum atomic E-state index is -5.08. The fraction of sp³-hybridized carbons (Fsp3) is 0.538. The first-order valence-electron chi connectivity index (χ1n) is 13.1. The topological polar surface area (TPSA) is 111 Å². The molecule has 1 aromatic heterocycles. The lowest BCUT2D eigenvalue weighted by Crippen LogP contribution is -2.48. The molecule has 43 heavy (non-hydrogen) atoms. The highest BCUT2D eigenvalue weighted by molar-refractivity contribution is 5.75. The number of benzene rings is 1. The van der Waals surface area contributed by atoms with Crippen molar-refractivity contribution in [2.45, 2.75) is 57.5 Å². The van der Waals surface area contributed by atoms with Crippen LogP contribution in [0.3, 0.4) is 0 Å².